The zero-order valence-electron chi connectivity index (χ0n) is 34.8. The molecule has 6 aliphatic heterocycles. The Balaban J connectivity index is 1.21. The number of nitrogens with zero attached hydrogens (tertiary/aromatic N) is 4. The highest BCUT2D eigenvalue weighted by Crippen LogP contribution is 2.58. The molecule has 0 N–H and O–H groups in total. The van der Waals surface area contributed by atoms with Gasteiger partial charge in [0.15, 0.2) is 0 Å². The minimum atomic E-state index is -4.35. The second kappa shape index (κ2) is 11.8. The van der Waals surface area contributed by atoms with E-state index in [-0.39, 0.29) is 24.7 Å². The van der Waals surface area contributed by atoms with Crippen molar-refractivity contribution in [3.63, 3.8) is 0 Å². The van der Waals surface area contributed by atoms with Crippen LogP contribution in [0, 0.1) is 59.2 Å². The summed E-state index contributed by atoms with van der Waals surface area (Å²) in [5.41, 5.74) is 9.31. The zero-order valence-corrected chi connectivity index (χ0v) is 34.8. The number of rotatable bonds is 4. The lowest BCUT2D eigenvalue weighted by molar-refractivity contribution is -0.836. The van der Waals surface area contributed by atoms with E-state index in [2.05, 4.69) is 82.4 Å². The molecule has 59 heavy (non-hydrogen) atoms. The maximum absolute atomic E-state index is 15.1. The van der Waals surface area contributed by atoms with Crippen LogP contribution in [0.15, 0.2) is 52.9 Å². The summed E-state index contributed by atoms with van der Waals surface area (Å²) in [6, 6.07) is 4.73. The van der Waals surface area contributed by atoms with Crippen LogP contribution in [0.4, 0.5) is 26.3 Å². The van der Waals surface area contributed by atoms with Crippen LogP contribution in [0.1, 0.15) is 127 Å². The van der Waals surface area contributed by atoms with Gasteiger partial charge in [0.2, 0.25) is 22.8 Å². The maximum atomic E-state index is 15.1. The Labute approximate surface area is 341 Å². The van der Waals surface area contributed by atoms with Crippen molar-refractivity contribution in [1.29, 1.82) is 0 Å². The Kier molecular flexibility index (Phi) is 7.37. The van der Waals surface area contributed by atoms with Gasteiger partial charge in [-0.3, -0.25) is 0 Å². The van der Waals surface area contributed by atoms with Crippen LogP contribution in [0.25, 0.3) is 18.2 Å². The highest BCUT2D eigenvalue weighted by atomic mass is 19.4. The first-order valence-electron chi connectivity index (χ1n) is 22.6. The third-order valence-corrected chi connectivity index (χ3v) is 17.6. The molecule has 11 atom stereocenters. The van der Waals surface area contributed by atoms with E-state index in [0.717, 1.165) is 70.6 Å². The molecule has 0 bridgehead atoms. The van der Waals surface area contributed by atoms with Crippen molar-refractivity contribution in [2.45, 2.75) is 123 Å². The summed E-state index contributed by atoms with van der Waals surface area (Å²) in [6.45, 7) is 13.3. The Morgan fingerprint density at radius 3 is 1.49 bits per heavy atom. The topological polar surface area (TPSA) is 15.9 Å². The number of halogens is 6. The van der Waals surface area contributed by atoms with Crippen molar-refractivity contribution >= 4 is 29.7 Å². The van der Waals surface area contributed by atoms with Crippen LogP contribution in [0.5, 0.6) is 0 Å². The van der Waals surface area contributed by atoms with E-state index in [0.29, 0.717) is 59.5 Å². The molecule has 4 fully saturated rings. The van der Waals surface area contributed by atoms with Crippen LogP contribution >= 0.6 is 0 Å². The standard InChI is InChI=1S/C49H54F6N4/c1-23-7-8-24(2)43(23)33-15-29-19-39-34(44-25(3)9-10-26(44)4)16-30-21-41-36(46-28(6)12-14-38(46)48(53,54)55)18-32-22-42-35(45-27(5)11-13-37(45)47(50,51)52)17-31-20-40(33)56(29)49(57(30)39,58(31)42)59(32)41/h15-28,37-38,43-46H,7-14H2,1-6H3/q+2. The molecule has 0 amide bonds. The van der Waals surface area contributed by atoms with Crippen LogP contribution in [-0.2, 0) is 5.91 Å². The van der Waals surface area contributed by atoms with Gasteiger partial charge in [0, 0.05) is 47.3 Å². The molecule has 10 heteroatoms. The second-order valence-corrected chi connectivity index (χ2v) is 20.7. The largest absolute Gasteiger partial charge is 0.553 e. The van der Waals surface area contributed by atoms with Crippen molar-refractivity contribution in [3.05, 3.63) is 86.1 Å². The summed E-state index contributed by atoms with van der Waals surface area (Å²) in [6.07, 6.45) is 9.87. The fraction of sp³-hybridized carbons (Fsp3) is 0.592. The van der Waals surface area contributed by atoms with Gasteiger partial charge in [-0.15, -0.1) is 0 Å². The number of aromatic nitrogens is 2. The summed E-state index contributed by atoms with van der Waals surface area (Å²) in [5.74, 6) is -3.45. The van der Waals surface area contributed by atoms with Gasteiger partial charge in [-0.25, -0.2) is 0 Å². The van der Waals surface area contributed by atoms with E-state index >= 15 is 26.3 Å². The number of hydrogen-bond donors (Lipinski definition) is 0. The van der Waals surface area contributed by atoms with Gasteiger partial charge in [-0.1, -0.05) is 50.7 Å². The molecule has 2 aromatic heterocycles. The predicted molar refractivity (Wildman–Crippen MR) is 216 cm³/mol. The second-order valence-electron chi connectivity index (χ2n) is 20.7. The summed E-state index contributed by atoms with van der Waals surface area (Å²) >= 11 is 0. The summed E-state index contributed by atoms with van der Waals surface area (Å²) in [7, 11) is 0. The van der Waals surface area contributed by atoms with E-state index in [1.807, 2.05) is 26.0 Å². The van der Waals surface area contributed by atoms with Crippen LogP contribution in [0.3, 0.4) is 0 Å². The molecule has 4 nitrogen and oxygen atoms in total. The van der Waals surface area contributed by atoms with Gasteiger partial charge in [-0.05, 0) is 128 Å². The normalized spacial score (nSPS) is 39.9. The Bertz CT molecular complexity index is 2580. The first kappa shape index (κ1) is 37.0. The van der Waals surface area contributed by atoms with E-state index in [4.69, 9.17) is 0 Å². The van der Waals surface area contributed by atoms with Crippen molar-refractivity contribution in [3.8, 4) is 0 Å². The molecule has 310 valence electrons. The first-order chi connectivity index (χ1) is 28.0. The van der Waals surface area contributed by atoms with Crippen LogP contribution < -0.4 is 10.7 Å². The quantitative estimate of drug-likeness (QED) is 0.216. The monoisotopic (exact) mass is 812 g/mol. The molecule has 4 aliphatic carbocycles. The smallest absolute Gasteiger partial charge is 0.199 e. The van der Waals surface area contributed by atoms with E-state index < -0.39 is 41.9 Å². The average Bonchev–Trinajstić information content (AvgIpc) is 4.03. The lowest BCUT2D eigenvalue weighted by Gasteiger charge is -2.38. The summed E-state index contributed by atoms with van der Waals surface area (Å²) < 4.78 is 99.9. The van der Waals surface area contributed by atoms with E-state index in [1.165, 1.54) is 11.1 Å². The summed E-state index contributed by atoms with van der Waals surface area (Å²) in [5, 5.41) is 2.07. The minimum Gasteiger partial charge on any atom is -0.199 e. The van der Waals surface area contributed by atoms with E-state index in [1.54, 1.807) is 0 Å². The van der Waals surface area contributed by atoms with Crippen LogP contribution in [-0.4, -0.2) is 42.1 Å². The SMILES string of the molecule is CC1CCC(C(F)(F)F)C1C1=CC2=Cc3c(C4C(C)CCC4C)cc4n3C35n6c(cc(C7C(C)CCC7C)c6=C4)=CC4=[N+]3C(=CC1=[N+]25)C=C4C1C(C)CCC1C(F)(F)F. The van der Waals surface area contributed by atoms with Crippen molar-refractivity contribution in [2.75, 3.05) is 0 Å². The third kappa shape index (κ3) is 4.54. The Hall–Kier alpha value is -3.82. The molecular weight excluding hydrogens is 759 g/mol. The number of allylic oxidation sites excluding steroid dienone is 5. The zero-order chi connectivity index (χ0) is 41.0. The van der Waals surface area contributed by atoms with Crippen molar-refractivity contribution in [1.82, 2.24) is 9.13 Å². The molecule has 8 heterocycles. The van der Waals surface area contributed by atoms with E-state index in [9.17, 15) is 0 Å². The highest BCUT2D eigenvalue weighted by Gasteiger charge is 2.73. The van der Waals surface area contributed by atoms with Crippen molar-refractivity contribution < 1.29 is 35.5 Å². The van der Waals surface area contributed by atoms with Crippen molar-refractivity contribution in [2.24, 2.45) is 59.2 Å². The van der Waals surface area contributed by atoms with Gasteiger partial charge in [0.05, 0.1) is 40.0 Å². The fourth-order valence-electron chi connectivity index (χ4n) is 15.1. The average molecular weight is 813 g/mol. The van der Waals surface area contributed by atoms with Gasteiger partial charge in [-0.2, -0.15) is 35.5 Å². The molecule has 0 aromatic carbocycles. The molecule has 0 radical (unpaired) electrons. The predicted octanol–water partition coefficient (Wildman–Crippen LogP) is 10.1. The molecule has 0 saturated heterocycles. The Morgan fingerprint density at radius 1 is 0.508 bits per heavy atom. The molecule has 10 aliphatic rings. The van der Waals surface area contributed by atoms with Gasteiger partial charge < -0.3 is 0 Å². The van der Waals surface area contributed by atoms with Gasteiger partial charge in [0.1, 0.15) is 0 Å². The summed E-state index contributed by atoms with van der Waals surface area (Å²) in [4.78, 5) is 0. The Morgan fingerprint density at radius 2 is 0.966 bits per heavy atom. The lowest BCUT2D eigenvalue weighted by atomic mass is 9.80. The number of alkyl halides is 6. The highest BCUT2D eigenvalue weighted by molar-refractivity contribution is 6.20. The molecule has 12 rings (SSSR count). The molecular formula is C49H54F6N4+2. The molecule has 1 spiro atoms. The van der Waals surface area contributed by atoms with Crippen LogP contribution in [0.2, 0.25) is 0 Å². The number of hydrogen-bond acceptors (Lipinski definition) is 0. The fourth-order valence-corrected chi connectivity index (χ4v) is 15.1. The molecule has 4 saturated carbocycles. The molecule has 11 unspecified atom stereocenters. The van der Waals surface area contributed by atoms with Gasteiger partial charge >= 0.3 is 18.3 Å². The third-order valence-electron chi connectivity index (χ3n) is 17.6. The maximum Gasteiger partial charge on any atom is 0.553 e. The van der Waals surface area contributed by atoms with Gasteiger partial charge in [0.25, 0.3) is 0 Å². The molecule has 2 aromatic rings. The minimum absolute atomic E-state index is 0.0932. The lowest BCUT2D eigenvalue weighted by Crippen LogP contribution is -2.70. The first-order valence-corrected chi connectivity index (χ1v) is 22.6.